The van der Waals surface area contributed by atoms with Gasteiger partial charge >= 0.3 is 0 Å². The van der Waals surface area contributed by atoms with E-state index in [9.17, 15) is 0 Å². The maximum Gasteiger partial charge on any atom is 0.243 e. The second-order valence-corrected chi connectivity index (χ2v) is 4.90. The van der Waals surface area contributed by atoms with Crippen molar-refractivity contribution in [1.29, 1.82) is 0 Å². The fourth-order valence-electron chi connectivity index (χ4n) is 1.90. The summed E-state index contributed by atoms with van der Waals surface area (Å²) < 4.78 is 10.7. The zero-order chi connectivity index (χ0) is 12.4. The van der Waals surface area contributed by atoms with Gasteiger partial charge in [-0.15, -0.1) is 0 Å². The molecule has 1 unspecified atom stereocenters. The molecule has 0 bridgehead atoms. The number of nitrogens with zero attached hydrogens (tertiary/aromatic N) is 2. The van der Waals surface area contributed by atoms with Crippen LogP contribution in [0.25, 0.3) is 0 Å². The van der Waals surface area contributed by atoms with Gasteiger partial charge < -0.3 is 15.0 Å². The highest BCUT2D eigenvalue weighted by molar-refractivity contribution is 5.00. The summed E-state index contributed by atoms with van der Waals surface area (Å²) in [6.45, 7) is 4.19. The topological polar surface area (TPSA) is 74.2 Å². The van der Waals surface area contributed by atoms with E-state index in [0.29, 0.717) is 23.6 Å². The lowest BCUT2D eigenvalue weighted by molar-refractivity contribution is 0.0751. The van der Waals surface area contributed by atoms with Crippen LogP contribution in [0.5, 0.6) is 0 Å². The third-order valence-electron chi connectivity index (χ3n) is 3.56. The van der Waals surface area contributed by atoms with Crippen LogP contribution in [0.15, 0.2) is 4.52 Å². The van der Waals surface area contributed by atoms with Crippen molar-refractivity contribution in [2.45, 2.75) is 45.3 Å². The Labute approximate surface area is 102 Å². The Bertz CT molecular complexity index is 362. The van der Waals surface area contributed by atoms with Gasteiger partial charge in [0, 0.05) is 7.11 Å². The molecule has 2 rings (SSSR count). The Morgan fingerprint density at radius 3 is 2.76 bits per heavy atom. The van der Waals surface area contributed by atoms with E-state index in [1.165, 1.54) is 12.8 Å². The minimum Gasteiger partial charge on any atom is -0.373 e. The van der Waals surface area contributed by atoms with Gasteiger partial charge in [-0.25, -0.2) is 0 Å². The first kappa shape index (κ1) is 12.5. The van der Waals surface area contributed by atoms with Crippen LogP contribution in [0.1, 0.15) is 57.0 Å². The molecule has 1 heterocycles. The molecule has 2 N–H and O–H groups in total. The van der Waals surface area contributed by atoms with Gasteiger partial charge in [-0.3, -0.25) is 0 Å². The van der Waals surface area contributed by atoms with Crippen LogP contribution in [-0.2, 0) is 4.74 Å². The van der Waals surface area contributed by atoms with E-state index < -0.39 is 0 Å². The first-order valence-corrected chi connectivity index (χ1v) is 6.29. The molecule has 3 atom stereocenters. The van der Waals surface area contributed by atoms with Crippen LogP contribution in [0, 0.1) is 11.8 Å². The molecular formula is C12H21N3O2. The lowest BCUT2D eigenvalue weighted by atomic mass is 10.0. The van der Waals surface area contributed by atoms with Gasteiger partial charge in [-0.1, -0.05) is 25.4 Å². The fraction of sp³-hybridized carbons (Fsp3) is 0.833. The SMILES string of the molecule is CC[C@H](C)[C@H](N)c1nc(C(OC)C2CC2)no1. The molecule has 1 aliphatic carbocycles. The maximum atomic E-state index is 6.06. The highest BCUT2D eigenvalue weighted by Gasteiger charge is 2.36. The molecule has 96 valence electrons. The Morgan fingerprint density at radius 1 is 1.53 bits per heavy atom. The molecule has 0 spiro atoms. The maximum absolute atomic E-state index is 6.06. The zero-order valence-corrected chi connectivity index (χ0v) is 10.7. The molecule has 0 amide bonds. The second kappa shape index (κ2) is 5.14. The molecule has 5 heteroatoms. The summed E-state index contributed by atoms with van der Waals surface area (Å²) >= 11 is 0. The summed E-state index contributed by atoms with van der Waals surface area (Å²) in [7, 11) is 1.69. The van der Waals surface area contributed by atoms with E-state index in [0.717, 1.165) is 6.42 Å². The second-order valence-electron chi connectivity index (χ2n) is 4.90. The molecule has 1 saturated carbocycles. The van der Waals surface area contributed by atoms with E-state index in [-0.39, 0.29) is 12.1 Å². The van der Waals surface area contributed by atoms with Crippen LogP contribution in [-0.4, -0.2) is 17.3 Å². The van der Waals surface area contributed by atoms with Crippen molar-refractivity contribution >= 4 is 0 Å². The van der Waals surface area contributed by atoms with Gasteiger partial charge in [0.1, 0.15) is 6.10 Å². The van der Waals surface area contributed by atoms with Crippen molar-refractivity contribution in [3.63, 3.8) is 0 Å². The lowest BCUT2D eigenvalue weighted by Gasteiger charge is -2.13. The molecule has 0 aliphatic heterocycles. The number of ether oxygens (including phenoxy) is 1. The van der Waals surface area contributed by atoms with E-state index in [2.05, 4.69) is 24.0 Å². The molecule has 1 aromatic rings. The summed E-state index contributed by atoms with van der Waals surface area (Å²) in [5, 5.41) is 4.00. The largest absolute Gasteiger partial charge is 0.373 e. The third-order valence-corrected chi connectivity index (χ3v) is 3.56. The zero-order valence-electron chi connectivity index (χ0n) is 10.7. The third kappa shape index (κ3) is 2.66. The summed E-state index contributed by atoms with van der Waals surface area (Å²) in [5.74, 6) is 2.05. The molecular weight excluding hydrogens is 218 g/mol. The Balaban J connectivity index is 2.09. The average molecular weight is 239 g/mol. The number of hydrogen-bond acceptors (Lipinski definition) is 5. The first-order chi connectivity index (χ1) is 8.17. The van der Waals surface area contributed by atoms with Crippen molar-refractivity contribution in [2.75, 3.05) is 7.11 Å². The summed E-state index contributed by atoms with van der Waals surface area (Å²) in [5.41, 5.74) is 6.06. The van der Waals surface area contributed by atoms with Gasteiger partial charge in [0.25, 0.3) is 0 Å². The normalized spacial score (nSPS) is 21.2. The standard InChI is InChI=1S/C12H21N3O2/c1-4-7(2)9(13)12-14-11(15-17-12)10(16-3)8-5-6-8/h7-10H,4-6,13H2,1-3H3/t7-,9-,10?/m0/s1. The Hall–Kier alpha value is -0.940. The quantitative estimate of drug-likeness (QED) is 0.823. The number of hydrogen-bond donors (Lipinski definition) is 1. The Kier molecular flexibility index (Phi) is 3.79. The van der Waals surface area contributed by atoms with E-state index in [1.54, 1.807) is 7.11 Å². The monoisotopic (exact) mass is 239 g/mol. The molecule has 1 aromatic heterocycles. The molecule has 1 aliphatic rings. The van der Waals surface area contributed by atoms with Crippen molar-refractivity contribution in [3.05, 3.63) is 11.7 Å². The molecule has 0 saturated heterocycles. The minimum absolute atomic E-state index is 0.0309. The van der Waals surface area contributed by atoms with Crippen LogP contribution in [0.3, 0.4) is 0 Å². The Morgan fingerprint density at radius 2 is 2.24 bits per heavy atom. The number of rotatable bonds is 6. The number of nitrogens with two attached hydrogens (primary N) is 1. The number of methoxy groups -OCH3 is 1. The predicted molar refractivity (Wildman–Crippen MR) is 63.2 cm³/mol. The summed E-state index contributed by atoms with van der Waals surface area (Å²) in [6.07, 6.45) is 3.33. The molecule has 0 aromatic carbocycles. The van der Waals surface area contributed by atoms with Gasteiger partial charge in [-0.05, 0) is 24.7 Å². The van der Waals surface area contributed by atoms with Crippen molar-refractivity contribution in [2.24, 2.45) is 17.6 Å². The summed E-state index contributed by atoms with van der Waals surface area (Å²) in [6, 6.07) is -0.182. The van der Waals surface area contributed by atoms with Crippen molar-refractivity contribution in [3.8, 4) is 0 Å². The highest BCUT2D eigenvalue weighted by Crippen LogP contribution is 2.42. The van der Waals surface area contributed by atoms with Gasteiger partial charge in [0.2, 0.25) is 11.7 Å². The van der Waals surface area contributed by atoms with Crippen molar-refractivity contribution < 1.29 is 9.26 Å². The average Bonchev–Trinajstić information content (AvgIpc) is 3.06. The summed E-state index contributed by atoms with van der Waals surface area (Å²) in [4.78, 5) is 4.38. The van der Waals surface area contributed by atoms with Gasteiger partial charge in [-0.2, -0.15) is 4.98 Å². The number of aromatic nitrogens is 2. The first-order valence-electron chi connectivity index (χ1n) is 6.29. The van der Waals surface area contributed by atoms with Gasteiger partial charge in [0.05, 0.1) is 6.04 Å². The van der Waals surface area contributed by atoms with Crippen LogP contribution in [0.2, 0.25) is 0 Å². The predicted octanol–water partition coefficient (Wildman–Crippen LogP) is 2.21. The van der Waals surface area contributed by atoms with E-state index in [4.69, 9.17) is 15.0 Å². The highest BCUT2D eigenvalue weighted by atomic mass is 16.5. The van der Waals surface area contributed by atoms with E-state index >= 15 is 0 Å². The minimum atomic E-state index is -0.182. The molecule has 1 fully saturated rings. The molecule has 0 radical (unpaired) electrons. The smallest absolute Gasteiger partial charge is 0.243 e. The van der Waals surface area contributed by atoms with Crippen LogP contribution >= 0.6 is 0 Å². The lowest BCUT2D eigenvalue weighted by Crippen LogP contribution is -2.19. The van der Waals surface area contributed by atoms with Gasteiger partial charge in [0.15, 0.2) is 0 Å². The van der Waals surface area contributed by atoms with E-state index in [1.807, 2.05) is 0 Å². The van der Waals surface area contributed by atoms with Crippen LogP contribution < -0.4 is 5.73 Å². The molecule has 5 nitrogen and oxygen atoms in total. The molecule has 17 heavy (non-hydrogen) atoms. The van der Waals surface area contributed by atoms with Crippen LogP contribution in [0.4, 0.5) is 0 Å². The fourth-order valence-corrected chi connectivity index (χ4v) is 1.90. The van der Waals surface area contributed by atoms with Crippen molar-refractivity contribution in [1.82, 2.24) is 10.1 Å².